The van der Waals surface area contributed by atoms with Crippen molar-refractivity contribution in [1.82, 2.24) is 0 Å². The molecule has 3 heteroatoms. The highest BCUT2D eigenvalue weighted by Crippen LogP contribution is 2.31. The van der Waals surface area contributed by atoms with Crippen LogP contribution in [-0.2, 0) is 11.2 Å². The summed E-state index contributed by atoms with van der Waals surface area (Å²) >= 11 is 1.70. The van der Waals surface area contributed by atoms with Crippen molar-refractivity contribution in [3.05, 3.63) is 58.7 Å². The number of aliphatic hydroxyl groups excluding tert-OH is 1. The van der Waals surface area contributed by atoms with Gasteiger partial charge < -0.3 is 9.84 Å². The minimum absolute atomic E-state index is 0.380. The van der Waals surface area contributed by atoms with E-state index in [-0.39, 0.29) is 6.10 Å². The van der Waals surface area contributed by atoms with Crippen molar-refractivity contribution in [3.63, 3.8) is 0 Å². The van der Waals surface area contributed by atoms with Gasteiger partial charge in [-0.3, -0.25) is 0 Å². The molecule has 1 aliphatic carbocycles. The zero-order valence-corrected chi connectivity index (χ0v) is 14.6. The van der Waals surface area contributed by atoms with E-state index in [9.17, 15) is 5.11 Å². The van der Waals surface area contributed by atoms with Gasteiger partial charge in [-0.15, -0.1) is 11.3 Å². The summed E-state index contributed by atoms with van der Waals surface area (Å²) in [6.07, 6.45) is 9.52. The monoisotopic (exact) mass is 328 g/mol. The van der Waals surface area contributed by atoms with Gasteiger partial charge in [0.2, 0.25) is 0 Å². The topological polar surface area (TPSA) is 29.5 Å². The molecular weight excluding hydrogens is 304 g/mol. The van der Waals surface area contributed by atoms with Gasteiger partial charge in [-0.1, -0.05) is 18.2 Å². The summed E-state index contributed by atoms with van der Waals surface area (Å²) in [6, 6.07) is 8.77. The fourth-order valence-corrected chi connectivity index (χ4v) is 4.01. The molecular formula is C20H24O2S. The molecule has 122 valence electrons. The first-order valence-electron chi connectivity index (χ1n) is 8.37. The van der Waals surface area contributed by atoms with Crippen LogP contribution in [0.4, 0.5) is 0 Å². The average molecular weight is 328 g/mol. The molecule has 0 saturated carbocycles. The van der Waals surface area contributed by atoms with Crippen LogP contribution in [-0.4, -0.2) is 11.7 Å². The van der Waals surface area contributed by atoms with Gasteiger partial charge in [0.1, 0.15) is 5.76 Å². The predicted octanol–water partition coefficient (Wildman–Crippen LogP) is 5.38. The van der Waals surface area contributed by atoms with E-state index in [1.807, 2.05) is 13.8 Å². The summed E-state index contributed by atoms with van der Waals surface area (Å²) in [4.78, 5) is 1.04. The molecule has 1 heterocycles. The van der Waals surface area contributed by atoms with Gasteiger partial charge in [0.15, 0.2) is 0 Å². The maximum Gasteiger partial charge on any atom is 0.115 e. The smallest absolute Gasteiger partial charge is 0.115 e. The fourth-order valence-electron chi connectivity index (χ4n) is 2.94. The van der Waals surface area contributed by atoms with Gasteiger partial charge in [0, 0.05) is 9.58 Å². The third-order valence-electron chi connectivity index (χ3n) is 4.28. The largest absolute Gasteiger partial charge is 0.494 e. The number of rotatable bonds is 6. The molecule has 0 spiro atoms. The second kappa shape index (κ2) is 7.33. The number of hydrogen-bond donors (Lipinski definition) is 1. The van der Waals surface area contributed by atoms with E-state index in [1.165, 1.54) is 15.6 Å². The highest BCUT2D eigenvalue weighted by Gasteiger charge is 2.11. The van der Waals surface area contributed by atoms with Gasteiger partial charge in [0.05, 0.1) is 12.7 Å². The highest BCUT2D eigenvalue weighted by atomic mass is 32.1. The van der Waals surface area contributed by atoms with Crippen LogP contribution in [0.25, 0.3) is 10.1 Å². The Labute approximate surface area is 142 Å². The molecule has 0 aliphatic heterocycles. The normalized spacial score (nSPS) is 18.9. The van der Waals surface area contributed by atoms with Crippen LogP contribution in [0.3, 0.4) is 0 Å². The van der Waals surface area contributed by atoms with Crippen LogP contribution in [0.15, 0.2) is 48.3 Å². The Morgan fingerprint density at radius 1 is 1.35 bits per heavy atom. The Bertz CT molecular complexity index is 724. The van der Waals surface area contributed by atoms with Crippen molar-refractivity contribution in [2.45, 2.75) is 39.2 Å². The van der Waals surface area contributed by atoms with Crippen molar-refractivity contribution in [1.29, 1.82) is 0 Å². The maximum absolute atomic E-state index is 9.71. The van der Waals surface area contributed by atoms with Crippen LogP contribution in [0.1, 0.15) is 43.2 Å². The zero-order valence-electron chi connectivity index (χ0n) is 13.8. The lowest BCUT2D eigenvalue weighted by atomic mass is 9.93. The van der Waals surface area contributed by atoms with Gasteiger partial charge in [-0.25, -0.2) is 0 Å². The summed E-state index contributed by atoms with van der Waals surface area (Å²) in [7, 11) is 0. The first-order chi connectivity index (χ1) is 11.2. The van der Waals surface area contributed by atoms with Crippen molar-refractivity contribution >= 4 is 21.4 Å². The Balaban J connectivity index is 1.61. The van der Waals surface area contributed by atoms with E-state index in [2.05, 4.69) is 42.5 Å². The average Bonchev–Trinajstić information content (AvgIpc) is 2.98. The standard InChI is InChI=1S/C20H24O2S/c1-3-22-18-10-7-15(8-11-18)4-5-16-6-9-17-13-19(14(2)21)23-20(17)12-16/h6-7,9-15,21H,3-5,8H2,1-2H3. The summed E-state index contributed by atoms with van der Waals surface area (Å²) in [6.45, 7) is 4.58. The summed E-state index contributed by atoms with van der Waals surface area (Å²) in [5, 5.41) is 10.9. The third-order valence-corrected chi connectivity index (χ3v) is 5.55. The van der Waals surface area contributed by atoms with E-state index < -0.39 is 0 Å². The van der Waals surface area contributed by atoms with Gasteiger partial charge in [0.25, 0.3) is 0 Å². The van der Waals surface area contributed by atoms with Gasteiger partial charge in [-0.05, 0) is 74.3 Å². The maximum atomic E-state index is 9.71. The molecule has 1 aliphatic rings. The lowest BCUT2D eigenvalue weighted by Gasteiger charge is -2.16. The van der Waals surface area contributed by atoms with Crippen LogP contribution in [0.2, 0.25) is 0 Å². The van der Waals surface area contributed by atoms with Gasteiger partial charge >= 0.3 is 0 Å². The van der Waals surface area contributed by atoms with E-state index in [0.717, 1.165) is 36.5 Å². The Kier molecular flexibility index (Phi) is 5.19. The molecule has 1 aromatic carbocycles. The number of fused-ring (bicyclic) bond motifs is 1. The van der Waals surface area contributed by atoms with Crippen molar-refractivity contribution in [2.75, 3.05) is 6.61 Å². The molecule has 2 nitrogen and oxygen atoms in total. The number of thiophene rings is 1. The quantitative estimate of drug-likeness (QED) is 0.771. The molecule has 1 aromatic heterocycles. The highest BCUT2D eigenvalue weighted by molar-refractivity contribution is 7.19. The Hall–Kier alpha value is -1.58. The Morgan fingerprint density at radius 3 is 2.91 bits per heavy atom. The van der Waals surface area contributed by atoms with Crippen LogP contribution < -0.4 is 0 Å². The third kappa shape index (κ3) is 4.04. The lowest BCUT2D eigenvalue weighted by molar-refractivity contribution is 0.203. The molecule has 0 bridgehead atoms. The fraction of sp³-hybridized carbons (Fsp3) is 0.400. The molecule has 23 heavy (non-hydrogen) atoms. The minimum atomic E-state index is -0.380. The summed E-state index contributed by atoms with van der Waals surface area (Å²) in [5.41, 5.74) is 1.38. The van der Waals surface area contributed by atoms with E-state index in [1.54, 1.807) is 11.3 Å². The molecule has 3 rings (SSSR count). The summed E-state index contributed by atoms with van der Waals surface area (Å²) < 4.78 is 6.79. The second-order valence-corrected chi connectivity index (χ2v) is 7.25. The van der Waals surface area contributed by atoms with Crippen LogP contribution >= 0.6 is 11.3 Å². The lowest BCUT2D eigenvalue weighted by Crippen LogP contribution is -2.03. The Morgan fingerprint density at radius 2 is 2.22 bits per heavy atom. The molecule has 2 aromatic rings. The molecule has 0 amide bonds. The molecule has 2 unspecified atom stereocenters. The number of aryl methyl sites for hydroxylation is 1. The van der Waals surface area contributed by atoms with E-state index in [4.69, 9.17) is 4.74 Å². The summed E-state index contributed by atoms with van der Waals surface area (Å²) in [5.74, 6) is 1.61. The van der Waals surface area contributed by atoms with E-state index in [0.29, 0.717) is 5.92 Å². The number of aliphatic hydroxyl groups is 1. The van der Waals surface area contributed by atoms with Gasteiger partial charge in [-0.2, -0.15) is 0 Å². The van der Waals surface area contributed by atoms with Crippen molar-refractivity contribution < 1.29 is 9.84 Å². The molecule has 0 radical (unpaired) electrons. The molecule has 0 saturated heterocycles. The number of hydrogen-bond acceptors (Lipinski definition) is 3. The first kappa shape index (κ1) is 16.3. The van der Waals surface area contributed by atoms with Crippen LogP contribution in [0, 0.1) is 5.92 Å². The van der Waals surface area contributed by atoms with Crippen molar-refractivity contribution in [2.24, 2.45) is 5.92 Å². The SMILES string of the molecule is CCOC1=CCC(CCc2ccc3cc(C(C)O)sc3c2)C=C1. The predicted molar refractivity (Wildman–Crippen MR) is 97.7 cm³/mol. The molecule has 2 atom stereocenters. The first-order valence-corrected chi connectivity index (χ1v) is 9.19. The number of benzene rings is 1. The molecule has 0 fully saturated rings. The second-order valence-electron chi connectivity index (χ2n) is 6.13. The van der Waals surface area contributed by atoms with Crippen molar-refractivity contribution in [3.8, 4) is 0 Å². The number of allylic oxidation sites excluding steroid dienone is 3. The number of ether oxygens (including phenoxy) is 1. The molecule has 1 N–H and O–H groups in total. The minimum Gasteiger partial charge on any atom is -0.494 e. The van der Waals surface area contributed by atoms with Crippen LogP contribution in [0.5, 0.6) is 0 Å². The van der Waals surface area contributed by atoms with E-state index >= 15 is 0 Å². The zero-order chi connectivity index (χ0) is 16.2.